The summed E-state index contributed by atoms with van der Waals surface area (Å²) in [5.74, 6) is 0.532. The molecule has 0 aromatic carbocycles. The molecule has 18 heavy (non-hydrogen) atoms. The van der Waals surface area contributed by atoms with E-state index in [2.05, 4.69) is 21.5 Å². The summed E-state index contributed by atoms with van der Waals surface area (Å²) in [6, 6.07) is 0. The van der Waals surface area contributed by atoms with Gasteiger partial charge in [0.2, 0.25) is 0 Å². The number of imidazole rings is 1. The van der Waals surface area contributed by atoms with Crippen molar-refractivity contribution in [2.45, 2.75) is 38.1 Å². The summed E-state index contributed by atoms with van der Waals surface area (Å²) in [5, 5.41) is 9.26. The Morgan fingerprint density at radius 3 is 2.89 bits per heavy atom. The van der Waals surface area contributed by atoms with E-state index in [0.29, 0.717) is 11.6 Å². The molecule has 5 heteroatoms. The van der Waals surface area contributed by atoms with Crippen LogP contribution < -0.4 is 0 Å². The van der Waals surface area contributed by atoms with Gasteiger partial charge < -0.3 is 14.6 Å². The van der Waals surface area contributed by atoms with E-state index in [4.69, 9.17) is 0 Å². The van der Waals surface area contributed by atoms with Crippen molar-refractivity contribution < 1.29 is 9.90 Å². The van der Waals surface area contributed by atoms with E-state index >= 15 is 0 Å². The van der Waals surface area contributed by atoms with Crippen LogP contribution in [0.25, 0.3) is 0 Å². The Balaban J connectivity index is 2.01. The molecule has 0 aliphatic carbocycles. The SMILES string of the molecule is CN1CCC(c2nc(C(=O)O)c3n2CCCC3)C1. The van der Waals surface area contributed by atoms with Crippen molar-refractivity contribution in [3.05, 3.63) is 17.2 Å². The number of aromatic nitrogens is 2. The number of likely N-dealkylation sites (tertiary alicyclic amines) is 1. The minimum absolute atomic E-state index is 0.291. The van der Waals surface area contributed by atoms with Gasteiger partial charge in [-0.25, -0.2) is 9.78 Å². The molecule has 2 aliphatic heterocycles. The van der Waals surface area contributed by atoms with Crippen LogP contribution in [0.4, 0.5) is 0 Å². The predicted octanol–water partition coefficient (Wildman–Crippen LogP) is 1.34. The highest BCUT2D eigenvalue weighted by Crippen LogP contribution is 2.30. The molecule has 0 amide bonds. The Hall–Kier alpha value is -1.36. The van der Waals surface area contributed by atoms with Crippen LogP contribution in [0, 0.1) is 0 Å². The number of hydrogen-bond donors (Lipinski definition) is 1. The molecule has 1 N–H and O–H groups in total. The third-order valence-electron chi connectivity index (χ3n) is 4.11. The standard InChI is InChI=1S/C13H19N3O2/c1-15-7-5-9(8-15)12-14-11(13(17)18)10-4-2-3-6-16(10)12/h9H,2-8H2,1H3,(H,17,18). The minimum Gasteiger partial charge on any atom is -0.476 e. The highest BCUT2D eigenvalue weighted by molar-refractivity contribution is 5.87. The smallest absolute Gasteiger partial charge is 0.356 e. The fraction of sp³-hybridized carbons (Fsp3) is 0.692. The molecule has 0 spiro atoms. The summed E-state index contributed by atoms with van der Waals surface area (Å²) in [4.78, 5) is 18.0. The van der Waals surface area contributed by atoms with Gasteiger partial charge in [-0.2, -0.15) is 0 Å². The highest BCUT2D eigenvalue weighted by Gasteiger charge is 2.30. The summed E-state index contributed by atoms with van der Waals surface area (Å²) >= 11 is 0. The van der Waals surface area contributed by atoms with Gasteiger partial charge in [0.25, 0.3) is 0 Å². The van der Waals surface area contributed by atoms with Crippen LogP contribution in [0.2, 0.25) is 0 Å². The lowest BCUT2D eigenvalue weighted by Gasteiger charge is -2.19. The zero-order valence-electron chi connectivity index (χ0n) is 10.7. The molecule has 3 rings (SSSR count). The molecule has 98 valence electrons. The molecule has 1 aromatic rings. The van der Waals surface area contributed by atoms with Crippen LogP contribution in [0.3, 0.4) is 0 Å². The first-order chi connectivity index (χ1) is 8.66. The molecule has 2 aliphatic rings. The maximum atomic E-state index is 11.3. The minimum atomic E-state index is -0.877. The Bertz CT molecular complexity index is 481. The van der Waals surface area contributed by atoms with Gasteiger partial charge in [-0.15, -0.1) is 0 Å². The average Bonchev–Trinajstić information content (AvgIpc) is 2.92. The Morgan fingerprint density at radius 1 is 1.39 bits per heavy atom. The van der Waals surface area contributed by atoms with Crippen LogP contribution in [0.1, 0.15) is 47.2 Å². The largest absolute Gasteiger partial charge is 0.476 e. The number of likely N-dealkylation sites (N-methyl/N-ethyl adjacent to an activating group) is 1. The van der Waals surface area contributed by atoms with Crippen molar-refractivity contribution in [3.63, 3.8) is 0 Å². The Labute approximate surface area is 106 Å². The van der Waals surface area contributed by atoms with E-state index in [1.54, 1.807) is 0 Å². The summed E-state index contributed by atoms with van der Waals surface area (Å²) in [7, 11) is 2.11. The van der Waals surface area contributed by atoms with Crippen molar-refractivity contribution in [1.29, 1.82) is 0 Å². The van der Waals surface area contributed by atoms with Crippen molar-refractivity contribution in [1.82, 2.24) is 14.5 Å². The van der Waals surface area contributed by atoms with Crippen LogP contribution in [0.15, 0.2) is 0 Å². The number of fused-ring (bicyclic) bond motifs is 1. The van der Waals surface area contributed by atoms with E-state index in [9.17, 15) is 9.90 Å². The third kappa shape index (κ3) is 1.82. The van der Waals surface area contributed by atoms with Crippen molar-refractivity contribution >= 4 is 5.97 Å². The Morgan fingerprint density at radius 2 is 2.22 bits per heavy atom. The maximum Gasteiger partial charge on any atom is 0.356 e. The number of carbonyl (C=O) groups is 1. The summed E-state index contributed by atoms with van der Waals surface area (Å²) in [5.41, 5.74) is 1.23. The predicted molar refractivity (Wildman–Crippen MR) is 67.0 cm³/mol. The lowest BCUT2D eigenvalue weighted by Crippen LogP contribution is -2.18. The fourth-order valence-corrected chi connectivity index (χ4v) is 3.20. The molecule has 1 fully saturated rings. The van der Waals surface area contributed by atoms with Gasteiger partial charge in [-0.05, 0) is 39.3 Å². The molecule has 1 atom stereocenters. The molecular weight excluding hydrogens is 230 g/mol. The molecular formula is C13H19N3O2. The van der Waals surface area contributed by atoms with Crippen molar-refractivity contribution in [2.24, 2.45) is 0 Å². The van der Waals surface area contributed by atoms with Crippen molar-refractivity contribution in [3.8, 4) is 0 Å². The van der Waals surface area contributed by atoms with Gasteiger partial charge in [-0.1, -0.05) is 0 Å². The first-order valence-corrected chi connectivity index (χ1v) is 6.68. The molecule has 0 saturated carbocycles. The summed E-state index contributed by atoms with van der Waals surface area (Å²) in [6.45, 7) is 3.01. The molecule has 5 nitrogen and oxygen atoms in total. The topological polar surface area (TPSA) is 58.4 Å². The van der Waals surface area contributed by atoms with Crippen LogP contribution in [-0.2, 0) is 13.0 Å². The number of carboxylic acids is 1. The monoisotopic (exact) mass is 249 g/mol. The second-order valence-corrected chi connectivity index (χ2v) is 5.43. The zero-order chi connectivity index (χ0) is 12.7. The third-order valence-corrected chi connectivity index (χ3v) is 4.11. The second-order valence-electron chi connectivity index (χ2n) is 5.43. The van der Waals surface area contributed by atoms with E-state index in [-0.39, 0.29) is 0 Å². The lowest BCUT2D eigenvalue weighted by molar-refractivity contribution is 0.0689. The van der Waals surface area contributed by atoms with Gasteiger partial charge in [0, 0.05) is 19.0 Å². The number of rotatable bonds is 2. The van der Waals surface area contributed by atoms with Gasteiger partial charge in [0.05, 0.1) is 5.69 Å². The Kier molecular flexibility index (Phi) is 2.86. The first kappa shape index (κ1) is 11.7. The van der Waals surface area contributed by atoms with E-state index in [0.717, 1.165) is 56.8 Å². The quantitative estimate of drug-likeness (QED) is 0.859. The summed E-state index contributed by atoms with van der Waals surface area (Å²) < 4.78 is 2.18. The molecule has 0 bridgehead atoms. The lowest BCUT2D eigenvalue weighted by atomic mass is 10.1. The van der Waals surface area contributed by atoms with Gasteiger partial charge in [-0.3, -0.25) is 0 Å². The number of nitrogens with zero attached hydrogens (tertiary/aromatic N) is 3. The normalized spacial score (nSPS) is 24.2. The molecule has 3 heterocycles. The summed E-state index contributed by atoms with van der Waals surface area (Å²) in [6.07, 6.45) is 4.16. The number of aromatic carboxylic acids is 1. The van der Waals surface area contributed by atoms with E-state index in [1.165, 1.54) is 0 Å². The van der Waals surface area contributed by atoms with E-state index < -0.39 is 5.97 Å². The first-order valence-electron chi connectivity index (χ1n) is 6.68. The van der Waals surface area contributed by atoms with Gasteiger partial charge >= 0.3 is 5.97 Å². The number of carboxylic acid groups (broad SMARTS) is 1. The van der Waals surface area contributed by atoms with Crippen LogP contribution in [0.5, 0.6) is 0 Å². The van der Waals surface area contributed by atoms with Crippen LogP contribution >= 0.6 is 0 Å². The highest BCUT2D eigenvalue weighted by atomic mass is 16.4. The number of hydrogen-bond acceptors (Lipinski definition) is 3. The van der Waals surface area contributed by atoms with Crippen LogP contribution in [-0.4, -0.2) is 45.7 Å². The van der Waals surface area contributed by atoms with Gasteiger partial charge in [0.1, 0.15) is 5.82 Å². The second kappa shape index (κ2) is 4.39. The maximum absolute atomic E-state index is 11.3. The molecule has 0 radical (unpaired) electrons. The molecule has 1 aromatic heterocycles. The average molecular weight is 249 g/mol. The zero-order valence-corrected chi connectivity index (χ0v) is 10.7. The van der Waals surface area contributed by atoms with Crippen molar-refractivity contribution in [2.75, 3.05) is 20.1 Å². The van der Waals surface area contributed by atoms with E-state index in [1.807, 2.05) is 0 Å². The fourth-order valence-electron chi connectivity index (χ4n) is 3.20. The molecule has 1 unspecified atom stereocenters. The molecule has 1 saturated heterocycles. The van der Waals surface area contributed by atoms with Gasteiger partial charge in [0.15, 0.2) is 5.69 Å².